The molecule has 0 saturated heterocycles. The molecule has 0 aliphatic carbocycles. The zero-order valence-corrected chi connectivity index (χ0v) is 11.1. The van der Waals surface area contributed by atoms with Gasteiger partial charge >= 0.3 is 0 Å². The molecule has 0 spiro atoms. The van der Waals surface area contributed by atoms with Crippen molar-refractivity contribution in [2.45, 2.75) is 25.4 Å². The molecule has 2 N–H and O–H groups in total. The monoisotopic (exact) mass is 252 g/mol. The lowest BCUT2D eigenvalue weighted by Gasteiger charge is -2.27. The molecule has 1 atom stereocenters. The van der Waals surface area contributed by atoms with Gasteiger partial charge in [-0.1, -0.05) is 48.5 Å². The first kappa shape index (κ1) is 12.2. The van der Waals surface area contributed by atoms with Gasteiger partial charge in [0.1, 0.15) is 0 Å². The van der Waals surface area contributed by atoms with Crippen molar-refractivity contribution in [3.63, 3.8) is 0 Å². The number of benzene rings is 2. The van der Waals surface area contributed by atoms with E-state index in [9.17, 15) is 0 Å². The summed E-state index contributed by atoms with van der Waals surface area (Å²) < 4.78 is 0. The van der Waals surface area contributed by atoms with Crippen molar-refractivity contribution in [2.75, 3.05) is 11.4 Å². The predicted molar refractivity (Wildman–Crippen MR) is 80.2 cm³/mol. The zero-order valence-electron chi connectivity index (χ0n) is 11.1. The fourth-order valence-corrected chi connectivity index (χ4v) is 2.97. The number of nitrogens with zero attached hydrogens (tertiary/aromatic N) is 1. The van der Waals surface area contributed by atoms with E-state index >= 15 is 0 Å². The number of rotatable bonds is 4. The minimum absolute atomic E-state index is 0.544. The molecule has 1 aliphatic heterocycles. The van der Waals surface area contributed by atoms with Crippen LogP contribution in [0.2, 0.25) is 0 Å². The van der Waals surface area contributed by atoms with Crippen molar-refractivity contribution in [3.05, 3.63) is 65.7 Å². The number of hydrogen-bond donors (Lipinski definition) is 1. The highest BCUT2D eigenvalue weighted by Gasteiger charge is 2.27. The Balaban J connectivity index is 1.87. The summed E-state index contributed by atoms with van der Waals surface area (Å²) in [5, 5.41) is 0. The van der Waals surface area contributed by atoms with Gasteiger partial charge in [-0.15, -0.1) is 0 Å². The van der Waals surface area contributed by atoms with Crippen LogP contribution in [0.3, 0.4) is 0 Å². The van der Waals surface area contributed by atoms with Gasteiger partial charge in [0.2, 0.25) is 0 Å². The fraction of sp³-hybridized carbons (Fsp3) is 0.294. The second-order valence-corrected chi connectivity index (χ2v) is 5.18. The van der Waals surface area contributed by atoms with E-state index in [-0.39, 0.29) is 0 Å². The summed E-state index contributed by atoms with van der Waals surface area (Å²) >= 11 is 0. The maximum Gasteiger partial charge on any atom is 0.0432 e. The van der Waals surface area contributed by atoms with Crippen molar-refractivity contribution < 1.29 is 0 Å². The summed E-state index contributed by atoms with van der Waals surface area (Å²) in [6.07, 6.45) is 2.18. The van der Waals surface area contributed by atoms with Crippen LogP contribution >= 0.6 is 0 Å². The van der Waals surface area contributed by atoms with Crippen molar-refractivity contribution in [2.24, 2.45) is 5.73 Å². The van der Waals surface area contributed by atoms with E-state index in [1.807, 2.05) is 0 Å². The second-order valence-electron chi connectivity index (χ2n) is 5.18. The summed E-state index contributed by atoms with van der Waals surface area (Å²) in [7, 11) is 0. The summed E-state index contributed by atoms with van der Waals surface area (Å²) in [5.41, 5.74) is 9.97. The van der Waals surface area contributed by atoms with Gasteiger partial charge in [-0.2, -0.15) is 0 Å². The molecule has 2 aromatic carbocycles. The Morgan fingerprint density at radius 2 is 1.74 bits per heavy atom. The van der Waals surface area contributed by atoms with Crippen molar-refractivity contribution in [1.82, 2.24) is 0 Å². The Morgan fingerprint density at radius 1 is 1.00 bits per heavy atom. The van der Waals surface area contributed by atoms with Crippen molar-refractivity contribution in [1.29, 1.82) is 0 Å². The first-order valence-corrected chi connectivity index (χ1v) is 6.97. The molecule has 1 heterocycles. The topological polar surface area (TPSA) is 29.3 Å². The minimum atomic E-state index is 0.544. The number of fused-ring (bicyclic) bond motifs is 1. The molecule has 2 heteroatoms. The lowest BCUT2D eigenvalue weighted by atomic mass is 10.1. The first-order chi connectivity index (χ1) is 9.38. The Kier molecular flexibility index (Phi) is 3.51. The molecule has 3 rings (SSSR count). The first-order valence-electron chi connectivity index (χ1n) is 6.97. The van der Waals surface area contributed by atoms with Gasteiger partial charge in [0, 0.05) is 18.3 Å². The summed E-state index contributed by atoms with van der Waals surface area (Å²) in [4.78, 5) is 2.51. The molecule has 19 heavy (non-hydrogen) atoms. The van der Waals surface area contributed by atoms with Gasteiger partial charge in [0.25, 0.3) is 0 Å². The smallest absolute Gasteiger partial charge is 0.0432 e. The van der Waals surface area contributed by atoms with Crippen molar-refractivity contribution in [3.8, 4) is 0 Å². The Bertz CT molecular complexity index is 536. The van der Waals surface area contributed by atoms with E-state index < -0.39 is 0 Å². The van der Waals surface area contributed by atoms with E-state index in [0.29, 0.717) is 6.04 Å². The molecule has 98 valence electrons. The molecule has 1 aliphatic rings. The van der Waals surface area contributed by atoms with Crippen LogP contribution in [0.5, 0.6) is 0 Å². The fourth-order valence-electron chi connectivity index (χ4n) is 2.97. The van der Waals surface area contributed by atoms with Crippen LogP contribution in [-0.4, -0.2) is 12.6 Å². The van der Waals surface area contributed by atoms with E-state index in [1.165, 1.54) is 16.8 Å². The molecule has 0 aromatic heterocycles. The maximum absolute atomic E-state index is 5.77. The average Bonchev–Trinajstić information content (AvgIpc) is 2.79. The normalized spacial score (nSPS) is 17.5. The van der Waals surface area contributed by atoms with Crippen molar-refractivity contribution >= 4 is 5.69 Å². The van der Waals surface area contributed by atoms with Gasteiger partial charge < -0.3 is 10.6 Å². The van der Waals surface area contributed by atoms with E-state index in [2.05, 4.69) is 59.5 Å². The van der Waals surface area contributed by atoms with Gasteiger partial charge in [0.05, 0.1) is 0 Å². The third kappa shape index (κ3) is 2.49. The molecule has 0 fully saturated rings. The van der Waals surface area contributed by atoms with E-state index in [0.717, 1.165) is 25.9 Å². The number of nitrogens with two attached hydrogens (primary N) is 1. The van der Waals surface area contributed by atoms with Crippen LogP contribution in [0.1, 0.15) is 17.5 Å². The highest BCUT2D eigenvalue weighted by molar-refractivity contribution is 5.59. The highest BCUT2D eigenvalue weighted by atomic mass is 15.2. The Labute approximate surface area is 114 Å². The molecule has 0 saturated carbocycles. The molecule has 2 aromatic rings. The predicted octanol–water partition coefficient (Wildman–Crippen LogP) is 2.97. The van der Waals surface area contributed by atoms with Gasteiger partial charge in [-0.05, 0) is 36.6 Å². The minimum Gasteiger partial charge on any atom is -0.364 e. The number of hydrogen-bond acceptors (Lipinski definition) is 2. The molecular weight excluding hydrogens is 232 g/mol. The average molecular weight is 252 g/mol. The molecule has 2 nitrogen and oxygen atoms in total. The third-order valence-electron chi connectivity index (χ3n) is 3.89. The van der Waals surface area contributed by atoms with Gasteiger partial charge in [-0.25, -0.2) is 0 Å². The Morgan fingerprint density at radius 3 is 2.53 bits per heavy atom. The van der Waals surface area contributed by atoms with Crippen LogP contribution in [0.4, 0.5) is 5.69 Å². The van der Waals surface area contributed by atoms with E-state index in [1.54, 1.807) is 0 Å². The molecule has 0 radical (unpaired) electrons. The van der Waals surface area contributed by atoms with Gasteiger partial charge in [0.15, 0.2) is 0 Å². The lowest BCUT2D eigenvalue weighted by molar-refractivity contribution is 0.582. The van der Waals surface area contributed by atoms with Crippen LogP contribution < -0.4 is 10.6 Å². The maximum atomic E-state index is 5.77. The van der Waals surface area contributed by atoms with Crippen LogP contribution in [0.15, 0.2) is 54.6 Å². The van der Waals surface area contributed by atoms with Crippen LogP contribution in [-0.2, 0) is 13.0 Å². The standard InChI is InChI=1S/C17H20N2/c18-11-10-16-12-15-8-4-5-9-17(15)19(16)13-14-6-2-1-3-7-14/h1-9,16H,10-13,18H2. The van der Waals surface area contributed by atoms with Crippen LogP contribution in [0, 0.1) is 0 Å². The lowest BCUT2D eigenvalue weighted by Crippen LogP contribution is -2.33. The SMILES string of the molecule is NCCC1Cc2ccccc2N1Cc1ccccc1. The van der Waals surface area contributed by atoms with Crippen LogP contribution in [0.25, 0.3) is 0 Å². The van der Waals surface area contributed by atoms with Gasteiger partial charge in [-0.3, -0.25) is 0 Å². The summed E-state index contributed by atoms with van der Waals surface area (Å²) in [6.45, 7) is 1.73. The number of para-hydroxylation sites is 1. The highest BCUT2D eigenvalue weighted by Crippen LogP contribution is 2.34. The number of anilines is 1. The third-order valence-corrected chi connectivity index (χ3v) is 3.89. The second kappa shape index (κ2) is 5.45. The zero-order chi connectivity index (χ0) is 13.1. The Hall–Kier alpha value is -1.80. The summed E-state index contributed by atoms with van der Waals surface area (Å²) in [5.74, 6) is 0. The molecule has 0 bridgehead atoms. The van der Waals surface area contributed by atoms with E-state index in [4.69, 9.17) is 5.73 Å². The molecule has 1 unspecified atom stereocenters. The largest absolute Gasteiger partial charge is 0.364 e. The summed E-state index contributed by atoms with van der Waals surface area (Å²) in [6, 6.07) is 19.9. The molecular formula is C17H20N2. The quantitative estimate of drug-likeness (QED) is 0.906. The molecule has 0 amide bonds.